The molecule has 2 nitrogen and oxygen atoms in total. The van der Waals surface area contributed by atoms with Gasteiger partial charge in [0.05, 0.1) is 0 Å². The van der Waals surface area contributed by atoms with Crippen molar-refractivity contribution in [3.8, 4) is 0 Å². The molecule has 0 amide bonds. The molecule has 0 aromatic rings. The molecule has 2 heteroatoms. The SMILES string of the molecule is NC1([C]C2(N)CCCCC2)CCCCC1. The fourth-order valence-electron chi connectivity index (χ4n) is 3.11. The molecule has 0 saturated heterocycles. The summed E-state index contributed by atoms with van der Waals surface area (Å²) in [6, 6.07) is 0. The van der Waals surface area contributed by atoms with Crippen LogP contribution in [-0.4, -0.2) is 11.1 Å². The monoisotopic (exact) mass is 208 g/mol. The minimum atomic E-state index is -0.176. The van der Waals surface area contributed by atoms with Crippen molar-refractivity contribution < 1.29 is 0 Å². The van der Waals surface area contributed by atoms with E-state index in [1.54, 1.807) is 0 Å². The van der Waals surface area contributed by atoms with E-state index in [-0.39, 0.29) is 11.1 Å². The topological polar surface area (TPSA) is 52.0 Å². The van der Waals surface area contributed by atoms with Crippen molar-refractivity contribution in [2.75, 3.05) is 0 Å². The van der Waals surface area contributed by atoms with Crippen molar-refractivity contribution >= 4 is 0 Å². The van der Waals surface area contributed by atoms with Gasteiger partial charge < -0.3 is 11.5 Å². The van der Waals surface area contributed by atoms with Gasteiger partial charge in [0.25, 0.3) is 0 Å². The molecule has 2 rings (SSSR count). The second kappa shape index (κ2) is 4.42. The third kappa shape index (κ3) is 2.94. The van der Waals surface area contributed by atoms with Crippen molar-refractivity contribution in [3.05, 3.63) is 6.42 Å². The van der Waals surface area contributed by atoms with E-state index in [1.807, 2.05) is 0 Å². The molecule has 86 valence electrons. The smallest absolute Gasteiger partial charge is 0.0260 e. The van der Waals surface area contributed by atoms with E-state index in [2.05, 4.69) is 6.42 Å². The number of rotatable bonds is 2. The normalized spacial score (nSPS) is 30.0. The number of nitrogens with two attached hydrogens (primary N) is 2. The third-order valence-corrected chi connectivity index (χ3v) is 3.99. The van der Waals surface area contributed by atoms with E-state index in [4.69, 9.17) is 11.5 Å². The Morgan fingerprint density at radius 3 is 1.27 bits per heavy atom. The summed E-state index contributed by atoms with van der Waals surface area (Å²) in [6.45, 7) is 0. The van der Waals surface area contributed by atoms with Crippen molar-refractivity contribution in [3.63, 3.8) is 0 Å². The van der Waals surface area contributed by atoms with Gasteiger partial charge in [0.15, 0.2) is 0 Å². The molecule has 0 aliphatic heterocycles. The summed E-state index contributed by atoms with van der Waals surface area (Å²) in [5.41, 5.74) is 12.4. The Labute approximate surface area is 93.8 Å². The summed E-state index contributed by atoms with van der Waals surface area (Å²) >= 11 is 0. The van der Waals surface area contributed by atoms with Crippen LogP contribution in [-0.2, 0) is 0 Å². The van der Waals surface area contributed by atoms with Gasteiger partial charge in [-0.2, -0.15) is 0 Å². The molecule has 0 aromatic carbocycles. The molecule has 15 heavy (non-hydrogen) atoms. The predicted octanol–water partition coefficient (Wildman–Crippen LogP) is 2.39. The Balaban J connectivity index is 1.93. The Bertz CT molecular complexity index is 179. The average Bonchev–Trinajstić information content (AvgIpc) is 2.18. The molecule has 0 atom stereocenters. The molecule has 2 aliphatic rings. The first-order valence-corrected chi connectivity index (χ1v) is 6.49. The van der Waals surface area contributed by atoms with Crippen LogP contribution in [0.2, 0.25) is 0 Å². The Kier molecular flexibility index (Phi) is 3.36. The third-order valence-electron chi connectivity index (χ3n) is 3.99. The molecule has 0 bridgehead atoms. The Morgan fingerprint density at radius 1 is 0.600 bits per heavy atom. The minimum Gasteiger partial charge on any atom is -0.324 e. The molecule has 0 aromatic heterocycles. The lowest BCUT2D eigenvalue weighted by atomic mass is 9.69. The lowest BCUT2D eigenvalue weighted by Gasteiger charge is -2.42. The van der Waals surface area contributed by atoms with Crippen LogP contribution in [0.4, 0.5) is 0 Å². The zero-order chi connectivity index (χ0) is 10.8. The maximum absolute atomic E-state index is 6.38. The first kappa shape index (κ1) is 11.4. The van der Waals surface area contributed by atoms with Crippen molar-refractivity contribution in [1.82, 2.24) is 0 Å². The fourth-order valence-corrected chi connectivity index (χ4v) is 3.11. The zero-order valence-corrected chi connectivity index (χ0v) is 9.73. The van der Waals surface area contributed by atoms with Gasteiger partial charge in [-0.25, -0.2) is 0 Å². The summed E-state index contributed by atoms with van der Waals surface area (Å²) in [5.74, 6) is 0. The molecule has 2 aliphatic carbocycles. The summed E-state index contributed by atoms with van der Waals surface area (Å²) in [4.78, 5) is 0. The van der Waals surface area contributed by atoms with Crippen LogP contribution >= 0.6 is 0 Å². The van der Waals surface area contributed by atoms with Gasteiger partial charge in [0, 0.05) is 17.5 Å². The molecule has 0 spiro atoms. The molecule has 0 heterocycles. The van der Waals surface area contributed by atoms with E-state index < -0.39 is 0 Å². The highest BCUT2D eigenvalue weighted by Crippen LogP contribution is 2.37. The van der Waals surface area contributed by atoms with Gasteiger partial charge in [-0.15, -0.1) is 0 Å². The van der Waals surface area contributed by atoms with Gasteiger partial charge in [-0.05, 0) is 25.7 Å². The number of hydrogen-bond donors (Lipinski definition) is 2. The van der Waals surface area contributed by atoms with Gasteiger partial charge in [-0.1, -0.05) is 38.5 Å². The van der Waals surface area contributed by atoms with E-state index >= 15 is 0 Å². The summed E-state index contributed by atoms with van der Waals surface area (Å²) < 4.78 is 0. The van der Waals surface area contributed by atoms with Crippen LogP contribution in [0.5, 0.6) is 0 Å². The summed E-state index contributed by atoms with van der Waals surface area (Å²) in [7, 11) is 0. The van der Waals surface area contributed by atoms with Crippen molar-refractivity contribution in [1.29, 1.82) is 0 Å². The summed E-state index contributed by atoms with van der Waals surface area (Å²) in [6.07, 6.45) is 15.6. The van der Waals surface area contributed by atoms with E-state index in [1.165, 1.54) is 38.5 Å². The molecule has 2 fully saturated rings. The van der Waals surface area contributed by atoms with Crippen LogP contribution in [0.1, 0.15) is 64.2 Å². The lowest BCUT2D eigenvalue weighted by molar-refractivity contribution is 0.252. The first-order chi connectivity index (χ1) is 7.12. The highest BCUT2D eigenvalue weighted by Gasteiger charge is 2.38. The van der Waals surface area contributed by atoms with Crippen LogP contribution < -0.4 is 11.5 Å². The highest BCUT2D eigenvalue weighted by molar-refractivity contribution is 5.12. The second-order valence-electron chi connectivity index (χ2n) is 5.56. The maximum Gasteiger partial charge on any atom is 0.0260 e. The first-order valence-electron chi connectivity index (χ1n) is 6.49. The van der Waals surface area contributed by atoms with Crippen LogP contribution in [0.25, 0.3) is 0 Å². The molecular formula is C13H24N2. The Morgan fingerprint density at radius 2 is 0.933 bits per heavy atom. The largest absolute Gasteiger partial charge is 0.324 e. The van der Waals surface area contributed by atoms with Crippen LogP contribution in [0.3, 0.4) is 0 Å². The quantitative estimate of drug-likeness (QED) is 0.732. The van der Waals surface area contributed by atoms with Gasteiger partial charge in [0.2, 0.25) is 0 Å². The number of hydrogen-bond acceptors (Lipinski definition) is 2. The molecule has 2 radical (unpaired) electrons. The minimum absolute atomic E-state index is 0.176. The zero-order valence-electron chi connectivity index (χ0n) is 9.73. The highest BCUT2D eigenvalue weighted by atomic mass is 14.8. The molecular weight excluding hydrogens is 184 g/mol. The fraction of sp³-hybridized carbons (Fsp3) is 0.923. The van der Waals surface area contributed by atoms with E-state index in [0.717, 1.165) is 25.7 Å². The summed E-state index contributed by atoms with van der Waals surface area (Å²) in [5, 5.41) is 0. The van der Waals surface area contributed by atoms with E-state index in [0.29, 0.717) is 0 Å². The standard InChI is InChI=1S/C13H24N2/c14-12(7-3-1-4-8-12)11-13(15)9-5-2-6-10-13/h1-10,14-15H2. The van der Waals surface area contributed by atoms with Gasteiger partial charge >= 0.3 is 0 Å². The molecule has 4 N–H and O–H groups in total. The molecule has 2 saturated carbocycles. The van der Waals surface area contributed by atoms with Crippen LogP contribution in [0.15, 0.2) is 0 Å². The van der Waals surface area contributed by atoms with Gasteiger partial charge in [0.1, 0.15) is 0 Å². The maximum atomic E-state index is 6.38. The lowest BCUT2D eigenvalue weighted by Crippen LogP contribution is -2.54. The van der Waals surface area contributed by atoms with Crippen molar-refractivity contribution in [2.24, 2.45) is 11.5 Å². The predicted molar refractivity (Wildman–Crippen MR) is 63.2 cm³/mol. The molecule has 0 unspecified atom stereocenters. The average molecular weight is 208 g/mol. The van der Waals surface area contributed by atoms with Crippen molar-refractivity contribution in [2.45, 2.75) is 75.3 Å². The van der Waals surface area contributed by atoms with E-state index in [9.17, 15) is 0 Å². The van der Waals surface area contributed by atoms with Gasteiger partial charge in [-0.3, -0.25) is 0 Å². The second-order valence-corrected chi connectivity index (χ2v) is 5.56. The van der Waals surface area contributed by atoms with Crippen LogP contribution in [0, 0.1) is 6.42 Å². The Hall–Kier alpha value is -0.0800.